The smallest absolute Gasteiger partial charge is 0.137 e. The van der Waals surface area contributed by atoms with Crippen LogP contribution in [0.2, 0.25) is 5.02 Å². The molecule has 2 aromatic rings. The van der Waals surface area contributed by atoms with Crippen molar-refractivity contribution >= 4 is 17.7 Å². The Balaban J connectivity index is 1.79. The van der Waals surface area contributed by atoms with Crippen LogP contribution in [0.25, 0.3) is 6.08 Å². The molecule has 1 aliphatic rings. The molecule has 1 aliphatic carbocycles. The van der Waals surface area contributed by atoms with E-state index in [9.17, 15) is 5.11 Å². The van der Waals surface area contributed by atoms with Crippen LogP contribution in [0.15, 0.2) is 42.5 Å². The lowest BCUT2D eigenvalue weighted by atomic mass is 9.71. The monoisotopic (exact) mass is 345 g/mol. The predicted molar refractivity (Wildman–Crippen MR) is 96.6 cm³/mol. The number of hydrogen-bond donors (Lipinski definition) is 1. The van der Waals surface area contributed by atoms with Crippen molar-refractivity contribution in [1.29, 1.82) is 0 Å². The van der Waals surface area contributed by atoms with Crippen molar-refractivity contribution in [2.24, 2.45) is 5.41 Å². The lowest BCUT2D eigenvalue weighted by Gasteiger charge is -2.41. The second-order valence-electron chi connectivity index (χ2n) is 7.36. The Kier molecular flexibility index (Phi) is 4.79. The van der Waals surface area contributed by atoms with Gasteiger partial charge in [-0.25, -0.2) is 4.98 Å². The van der Waals surface area contributed by atoms with Gasteiger partial charge in [0.25, 0.3) is 0 Å². The van der Waals surface area contributed by atoms with E-state index in [1.165, 1.54) is 11.9 Å². The summed E-state index contributed by atoms with van der Waals surface area (Å²) < 4.78 is 1.73. The first-order valence-electron chi connectivity index (χ1n) is 8.38. The highest BCUT2D eigenvalue weighted by atomic mass is 35.5. The molecule has 3 rings (SSSR count). The first-order chi connectivity index (χ1) is 11.4. The molecule has 24 heavy (non-hydrogen) atoms. The van der Waals surface area contributed by atoms with Crippen LogP contribution in [0.5, 0.6) is 0 Å². The van der Waals surface area contributed by atoms with Gasteiger partial charge in [0.15, 0.2) is 0 Å². The van der Waals surface area contributed by atoms with Crippen molar-refractivity contribution in [2.45, 2.75) is 51.7 Å². The van der Waals surface area contributed by atoms with E-state index >= 15 is 0 Å². The van der Waals surface area contributed by atoms with Gasteiger partial charge >= 0.3 is 0 Å². The molecule has 1 aromatic carbocycles. The Morgan fingerprint density at radius 3 is 2.58 bits per heavy atom. The molecule has 4 nitrogen and oxygen atoms in total. The summed E-state index contributed by atoms with van der Waals surface area (Å²) in [5.74, 6) is 0. The SMILES string of the molecule is CC1(C)CCC(=Cc2ccc(Cl)cc2)CCC1(O)Cn1cncn1. The molecule has 0 bridgehead atoms. The lowest BCUT2D eigenvalue weighted by molar-refractivity contribution is -0.0870. The molecule has 1 fully saturated rings. The number of halogens is 1. The fraction of sp³-hybridized carbons (Fsp3) is 0.474. The molecule has 128 valence electrons. The number of aromatic nitrogens is 3. The maximum atomic E-state index is 11.3. The van der Waals surface area contributed by atoms with Crippen LogP contribution in [0, 0.1) is 5.41 Å². The van der Waals surface area contributed by atoms with Gasteiger partial charge in [-0.05, 0) is 48.8 Å². The normalized spacial score (nSPS) is 25.6. The van der Waals surface area contributed by atoms with E-state index in [1.807, 2.05) is 24.3 Å². The Morgan fingerprint density at radius 2 is 1.92 bits per heavy atom. The Bertz CT molecular complexity index is 707. The fourth-order valence-corrected chi connectivity index (χ4v) is 3.48. The van der Waals surface area contributed by atoms with Gasteiger partial charge in [-0.2, -0.15) is 5.10 Å². The van der Waals surface area contributed by atoms with Crippen molar-refractivity contribution in [1.82, 2.24) is 14.8 Å². The second-order valence-corrected chi connectivity index (χ2v) is 7.80. The molecular formula is C19H24ClN3O. The van der Waals surface area contributed by atoms with Crippen LogP contribution in [-0.2, 0) is 6.54 Å². The largest absolute Gasteiger partial charge is 0.387 e. The van der Waals surface area contributed by atoms with Crippen LogP contribution in [0.4, 0.5) is 0 Å². The van der Waals surface area contributed by atoms with Gasteiger partial charge in [0.2, 0.25) is 0 Å². The highest BCUT2D eigenvalue weighted by Gasteiger charge is 2.45. The molecule has 1 saturated carbocycles. The summed E-state index contributed by atoms with van der Waals surface area (Å²) in [6.07, 6.45) is 8.96. The summed E-state index contributed by atoms with van der Waals surface area (Å²) in [7, 11) is 0. The molecule has 0 radical (unpaired) electrons. The minimum Gasteiger partial charge on any atom is -0.387 e. The number of benzene rings is 1. The zero-order valence-electron chi connectivity index (χ0n) is 14.2. The maximum Gasteiger partial charge on any atom is 0.137 e. The summed E-state index contributed by atoms with van der Waals surface area (Å²) in [5, 5.41) is 16.3. The van der Waals surface area contributed by atoms with Gasteiger partial charge in [-0.1, -0.05) is 49.2 Å². The maximum absolute atomic E-state index is 11.3. The number of aliphatic hydroxyl groups is 1. The third-order valence-corrected chi connectivity index (χ3v) is 5.57. The van der Waals surface area contributed by atoms with Crippen molar-refractivity contribution < 1.29 is 5.11 Å². The molecule has 0 spiro atoms. The molecule has 1 heterocycles. The second kappa shape index (κ2) is 6.69. The van der Waals surface area contributed by atoms with Crippen molar-refractivity contribution in [3.05, 3.63) is 53.1 Å². The number of allylic oxidation sites excluding steroid dienone is 1. The highest BCUT2D eigenvalue weighted by molar-refractivity contribution is 6.30. The Labute approximate surface area is 148 Å². The first kappa shape index (κ1) is 17.2. The molecule has 0 amide bonds. The Morgan fingerprint density at radius 1 is 1.21 bits per heavy atom. The fourth-order valence-electron chi connectivity index (χ4n) is 3.35. The summed E-state index contributed by atoms with van der Waals surface area (Å²) in [4.78, 5) is 3.99. The van der Waals surface area contributed by atoms with Gasteiger partial charge in [-0.3, -0.25) is 4.68 Å². The number of nitrogens with zero attached hydrogens (tertiary/aromatic N) is 3. The number of rotatable bonds is 3. The van der Waals surface area contributed by atoms with Crippen LogP contribution in [0.1, 0.15) is 45.1 Å². The van der Waals surface area contributed by atoms with Gasteiger partial charge in [-0.15, -0.1) is 0 Å². The zero-order valence-corrected chi connectivity index (χ0v) is 15.0. The van der Waals surface area contributed by atoms with Crippen LogP contribution in [0.3, 0.4) is 0 Å². The Hall–Kier alpha value is -1.65. The van der Waals surface area contributed by atoms with Gasteiger partial charge in [0, 0.05) is 5.02 Å². The predicted octanol–water partition coefficient (Wildman–Crippen LogP) is 4.35. The minimum absolute atomic E-state index is 0.186. The molecule has 0 saturated heterocycles. The van der Waals surface area contributed by atoms with Gasteiger partial charge in [0.05, 0.1) is 12.1 Å². The average Bonchev–Trinajstić information content (AvgIpc) is 3.01. The standard InChI is InChI=1S/C19H24ClN3O/c1-18(2)9-7-16(11-15-3-5-17(20)6-4-15)8-10-19(18,24)12-23-14-21-13-22-23/h3-6,11,13-14,24H,7-10,12H2,1-2H3. The first-order valence-corrected chi connectivity index (χ1v) is 8.76. The molecular weight excluding hydrogens is 322 g/mol. The van der Waals surface area contributed by atoms with E-state index < -0.39 is 5.60 Å². The quantitative estimate of drug-likeness (QED) is 0.841. The summed E-state index contributed by atoms with van der Waals surface area (Å²) in [5.41, 5.74) is 1.55. The minimum atomic E-state index is -0.795. The molecule has 1 unspecified atom stereocenters. The lowest BCUT2D eigenvalue weighted by Crippen LogP contribution is -2.47. The molecule has 0 aliphatic heterocycles. The van der Waals surface area contributed by atoms with Crippen molar-refractivity contribution in [2.75, 3.05) is 0 Å². The van der Waals surface area contributed by atoms with Gasteiger partial charge in [0.1, 0.15) is 12.7 Å². The highest BCUT2D eigenvalue weighted by Crippen LogP contribution is 2.45. The topological polar surface area (TPSA) is 50.9 Å². The van der Waals surface area contributed by atoms with Crippen molar-refractivity contribution in [3.8, 4) is 0 Å². The van der Waals surface area contributed by atoms with E-state index in [0.717, 1.165) is 36.3 Å². The van der Waals surface area contributed by atoms with E-state index in [0.29, 0.717) is 6.54 Å². The summed E-state index contributed by atoms with van der Waals surface area (Å²) >= 11 is 5.96. The van der Waals surface area contributed by atoms with E-state index in [1.54, 1.807) is 11.0 Å². The van der Waals surface area contributed by atoms with E-state index in [2.05, 4.69) is 30.0 Å². The molecule has 1 atom stereocenters. The van der Waals surface area contributed by atoms with Crippen LogP contribution >= 0.6 is 11.6 Å². The van der Waals surface area contributed by atoms with E-state index in [-0.39, 0.29) is 5.41 Å². The molecule has 5 heteroatoms. The zero-order chi connectivity index (χ0) is 17.2. The third kappa shape index (κ3) is 3.70. The average molecular weight is 346 g/mol. The number of hydrogen-bond acceptors (Lipinski definition) is 3. The summed E-state index contributed by atoms with van der Waals surface area (Å²) in [6.45, 7) is 4.78. The van der Waals surface area contributed by atoms with Gasteiger partial charge < -0.3 is 5.11 Å². The summed E-state index contributed by atoms with van der Waals surface area (Å²) in [6, 6.07) is 7.89. The molecule has 1 aromatic heterocycles. The molecule has 1 N–H and O–H groups in total. The van der Waals surface area contributed by atoms with Crippen molar-refractivity contribution in [3.63, 3.8) is 0 Å². The third-order valence-electron chi connectivity index (χ3n) is 5.32. The van der Waals surface area contributed by atoms with Crippen LogP contribution < -0.4 is 0 Å². The van der Waals surface area contributed by atoms with Crippen LogP contribution in [-0.4, -0.2) is 25.5 Å². The van der Waals surface area contributed by atoms with E-state index in [4.69, 9.17) is 11.6 Å².